The van der Waals surface area contributed by atoms with Crippen LogP contribution in [0.15, 0.2) is 34.9 Å². The van der Waals surface area contributed by atoms with Crippen molar-refractivity contribution >= 4 is 21.6 Å². The zero-order chi connectivity index (χ0) is 15.6. The quantitative estimate of drug-likeness (QED) is 0.469. The lowest BCUT2D eigenvalue weighted by atomic mass is 9.96. The molecule has 0 saturated carbocycles. The SMILES string of the molecule is CC(C)(C)c1nc(Br)cc(Oc2cccc([N+](=O)[O-])c2)n1. The molecule has 21 heavy (non-hydrogen) atoms. The highest BCUT2D eigenvalue weighted by Crippen LogP contribution is 2.28. The van der Waals surface area contributed by atoms with Gasteiger partial charge in [0.25, 0.3) is 5.69 Å². The Hall–Kier alpha value is -2.02. The summed E-state index contributed by atoms with van der Waals surface area (Å²) in [4.78, 5) is 18.9. The molecule has 7 heteroatoms. The largest absolute Gasteiger partial charge is 0.439 e. The van der Waals surface area contributed by atoms with Gasteiger partial charge in [-0.2, -0.15) is 4.98 Å². The molecule has 6 nitrogen and oxygen atoms in total. The molecule has 1 aromatic heterocycles. The molecule has 0 unspecified atom stereocenters. The summed E-state index contributed by atoms with van der Waals surface area (Å²) in [6, 6.07) is 7.58. The molecule has 2 aromatic rings. The Morgan fingerprint density at radius 3 is 2.57 bits per heavy atom. The third-order valence-corrected chi connectivity index (χ3v) is 3.00. The Labute approximate surface area is 130 Å². The van der Waals surface area contributed by atoms with E-state index in [0.717, 1.165) is 0 Å². The molecule has 0 aliphatic rings. The van der Waals surface area contributed by atoms with Crippen molar-refractivity contribution in [2.24, 2.45) is 0 Å². The first-order valence-corrected chi connectivity index (χ1v) is 7.02. The average Bonchev–Trinajstić information content (AvgIpc) is 2.37. The first-order valence-electron chi connectivity index (χ1n) is 6.23. The van der Waals surface area contributed by atoms with Crippen LogP contribution in [-0.2, 0) is 5.41 Å². The van der Waals surface area contributed by atoms with E-state index in [0.29, 0.717) is 22.1 Å². The van der Waals surface area contributed by atoms with E-state index >= 15 is 0 Å². The molecular formula is C14H14BrN3O3. The summed E-state index contributed by atoms with van der Waals surface area (Å²) in [6.07, 6.45) is 0. The van der Waals surface area contributed by atoms with Gasteiger partial charge in [0, 0.05) is 17.5 Å². The summed E-state index contributed by atoms with van der Waals surface area (Å²) in [7, 11) is 0. The summed E-state index contributed by atoms with van der Waals surface area (Å²) in [5.41, 5.74) is -0.262. The van der Waals surface area contributed by atoms with E-state index in [2.05, 4.69) is 25.9 Å². The van der Waals surface area contributed by atoms with Crippen LogP contribution in [0.5, 0.6) is 11.6 Å². The van der Waals surface area contributed by atoms with Crippen LogP contribution in [0, 0.1) is 10.1 Å². The number of rotatable bonds is 3. The van der Waals surface area contributed by atoms with Crippen molar-refractivity contribution < 1.29 is 9.66 Å². The molecule has 0 N–H and O–H groups in total. The van der Waals surface area contributed by atoms with E-state index in [4.69, 9.17) is 4.74 Å². The number of nitrogens with zero attached hydrogens (tertiary/aromatic N) is 3. The van der Waals surface area contributed by atoms with Crippen LogP contribution in [0.25, 0.3) is 0 Å². The molecule has 0 spiro atoms. The number of benzene rings is 1. The Bertz CT molecular complexity index is 683. The predicted octanol–water partition coefficient (Wildman–Crippen LogP) is 4.24. The summed E-state index contributed by atoms with van der Waals surface area (Å²) in [5.74, 6) is 1.31. The summed E-state index contributed by atoms with van der Waals surface area (Å²) >= 11 is 3.32. The van der Waals surface area contributed by atoms with Gasteiger partial charge in [-0.3, -0.25) is 10.1 Å². The van der Waals surface area contributed by atoms with Gasteiger partial charge in [0.05, 0.1) is 11.0 Å². The standard InChI is InChI=1S/C14H14BrN3O3/c1-14(2,3)13-16-11(15)8-12(17-13)21-10-6-4-5-9(7-10)18(19)20/h4-8H,1-3H3. The number of aromatic nitrogens is 2. The van der Waals surface area contributed by atoms with Gasteiger partial charge >= 0.3 is 0 Å². The zero-order valence-corrected chi connectivity index (χ0v) is 13.4. The minimum atomic E-state index is -0.469. The number of hydrogen-bond donors (Lipinski definition) is 0. The molecular weight excluding hydrogens is 338 g/mol. The van der Waals surface area contributed by atoms with Crippen molar-refractivity contribution in [3.8, 4) is 11.6 Å². The smallest absolute Gasteiger partial charge is 0.273 e. The Kier molecular flexibility index (Phi) is 4.22. The second-order valence-corrected chi connectivity index (χ2v) is 6.27. The van der Waals surface area contributed by atoms with Gasteiger partial charge in [-0.05, 0) is 22.0 Å². The molecule has 0 aliphatic heterocycles. The molecule has 0 radical (unpaired) electrons. The maximum atomic E-state index is 10.8. The fourth-order valence-corrected chi connectivity index (χ4v) is 1.93. The van der Waals surface area contributed by atoms with Crippen LogP contribution in [0.1, 0.15) is 26.6 Å². The van der Waals surface area contributed by atoms with Gasteiger partial charge in [-0.25, -0.2) is 4.98 Å². The maximum Gasteiger partial charge on any atom is 0.273 e. The molecule has 0 saturated heterocycles. The lowest BCUT2D eigenvalue weighted by Gasteiger charge is -2.17. The first kappa shape index (κ1) is 15.4. The minimum absolute atomic E-state index is 0.0309. The third-order valence-electron chi connectivity index (χ3n) is 2.59. The van der Waals surface area contributed by atoms with Crippen LogP contribution in [-0.4, -0.2) is 14.9 Å². The summed E-state index contributed by atoms with van der Waals surface area (Å²) < 4.78 is 6.20. The molecule has 2 rings (SSSR count). The lowest BCUT2D eigenvalue weighted by Crippen LogP contribution is -2.16. The lowest BCUT2D eigenvalue weighted by molar-refractivity contribution is -0.384. The van der Waals surface area contributed by atoms with Crippen LogP contribution >= 0.6 is 15.9 Å². The number of nitro groups is 1. The van der Waals surface area contributed by atoms with Crippen molar-refractivity contribution in [3.05, 3.63) is 50.9 Å². The predicted molar refractivity (Wildman–Crippen MR) is 81.6 cm³/mol. The molecule has 0 amide bonds. The van der Waals surface area contributed by atoms with Crippen molar-refractivity contribution in [1.82, 2.24) is 9.97 Å². The van der Waals surface area contributed by atoms with E-state index < -0.39 is 4.92 Å². The fraction of sp³-hybridized carbons (Fsp3) is 0.286. The van der Waals surface area contributed by atoms with Crippen LogP contribution < -0.4 is 4.74 Å². The molecule has 0 aliphatic carbocycles. The highest BCUT2D eigenvalue weighted by atomic mass is 79.9. The summed E-state index contributed by atoms with van der Waals surface area (Å²) in [6.45, 7) is 5.98. The fourth-order valence-electron chi connectivity index (χ4n) is 1.57. The van der Waals surface area contributed by atoms with Gasteiger partial charge < -0.3 is 4.74 Å². The van der Waals surface area contributed by atoms with Gasteiger partial charge in [0.2, 0.25) is 5.88 Å². The Morgan fingerprint density at radius 1 is 1.24 bits per heavy atom. The molecule has 0 fully saturated rings. The number of ether oxygens (including phenoxy) is 1. The number of nitro benzene ring substituents is 1. The van der Waals surface area contributed by atoms with Gasteiger partial charge in [0.1, 0.15) is 16.2 Å². The first-order chi connectivity index (χ1) is 9.75. The molecule has 110 valence electrons. The topological polar surface area (TPSA) is 78.2 Å². The third kappa shape index (κ3) is 3.98. The highest BCUT2D eigenvalue weighted by molar-refractivity contribution is 9.10. The van der Waals surface area contributed by atoms with Crippen molar-refractivity contribution in [1.29, 1.82) is 0 Å². The van der Waals surface area contributed by atoms with Crippen LogP contribution in [0.4, 0.5) is 5.69 Å². The van der Waals surface area contributed by atoms with Crippen molar-refractivity contribution in [3.63, 3.8) is 0 Å². The summed E-state index contributed by atoms with van der Waals surface area (Å²) in [5, 5.41) is 10.8. The van der Waals surface area contributed by atoms with E-state index in [-0.39, 0.29) is 11.1 Å². The maximum absolute atomic E-state index is 10.8. The normalized spacial score (nSPS) is 11.2. The van der Waals surface area contributed by atoms with E-state index in [9.17, 15) is 10.1 Å². The zero-order valence-electron chi connectivity index (χ0n) is 11.8. The molecule has 0 bridgehead atoms. The second kappa shape index (κ2) is 5.77. The number of non-ortho nitro benzene ring substituents is 1. The van der Waals surface area contributed by atoms with E-state index in [1.165, 1.54) is 12.1 Å². The van der Waals surface area contributed by atoms with E-state index in [1.807, 2.05) is 20.8 Å². The number of hydrogen-bond acceptors (Lipinski definition) is 5. The molecule has 0 atom stereocenters. The monoisotopic (exact) mass is 351 g/mol. The average molecular weight is 352 g/mol. The van der Waals surface area contributed by atoms with Gasteiger partial charge in [0.15, 0.2) is 0 Å². The Morgan fingerprint density at radius 2 is 1.95 bits per heavy atom. The highest BCUT2D eigenvalue weighted by Gasteiger charge is 2.19. The number of halogens is 1. The molecule has 1 heterocycles. The minimum Gasteiger partial charge on any atom is -0.439 e. The van der Waals surface area contributed by atoms with Gasteiger partial charge in [-0.15, -0.1) is 0 Å². The van der Waals surface area contributed by atoms with Crippen molar-refractivity contribution in [2.75, 3.05) is 0 Å². The molecule has 1 aromatic carbocycles. The Balaban J connectivity index is 2.33. The van der Waals surface area contributed by atoms with E-state index in [1.54, 1.807) is 18.2 Å². The van der Waals surface area contributed by atoms with Crippen LogP contribution in [0.3, 0.4) is 0 Å². The second-order valence-electron chi connectivity index (χ2n) is 5.46. The van der Waals surface area contributed by atoms with Gasteiger partial charge in [-0.1, -0.05) is 26.8 Å². The van der Waals surface area contributed by atoms with Crippen molar-refractivity contribution in [2.45, 2.75) is 26.2 Å². The van der Waals surface area contributed by atoms with Crippen LogP contribution in [0.2, 0.25) is 0 Å².